The highest BCUT2D eigenvalue weighted by molar-refractivity contribution is 7.10. The minimum absolute atomic E-state index is 0.0832. The van der Waals surface area contributed by atoms with Gasteiger partial charge in [-0.2, -0.15) is 0 Å². The number of hydrogen-bond acceptors (Lipinski definition) is 4. The van der Waals surface area contributed by atoms with E-state index in [4.69, 9.17) is 0 Å². The number of rotatable bonds is 4. The van der Waals surface area contributed by atoms with E-state index in [0.29, 0.717) is 11.8 Å². The van der Waals surface area contributed by atoms with Crippen LogP contribution >= 0.6 is 22.7 Å². The molecule has 0 spiro atoms. The summed E-state index contributed by atoms with van der Waals surface area (Å²) in [6.07, 6.45) is 16.4. The Morgan fingerprint density at radius 1 is 0.684 bits per heavy atom. The van der Waals surface area contributed by atoms with Crippen LogP contribution in [0.5, 0.6) is 0 Å². The lowest BCUT2D eigenvalue weighted by molar-refractivity contribution is -0.128. The van der Waals surface area contributed by atoms with Crippen LogP contribution in [0.15, 0.2) is 48.2 Å². The van der Waals surface area contributed by atoms with E-state index in [-0.39, 0.29) is 11.8 Å². The third kappa shape index (κ3) is 6.02. The average molecular weight is 551 g/mol. The van der Waals surface area contributed by atoms with Gasteiger partial charge >= 0.3 is 0 Å². The van der Waals surface area contributed by atoms with Crippen LogP contribution in [0, 0.1) is 11.8 Å². The average Bonchev–Trinajstić information content (AvgIpc) is 3.66. The van der Waals surface area contributed by atoms with Gasteiger partial charge in [0.05, 0.1) is 13.1 Å². The Kier molecular flexibility index (Phi) is 9.21. The number of fused-ring (bicyclic) bond motifs is 2. The van der Waals surface area contributed by atoms with Crippen LogP contribution in [0.2, 0.25) is 0 Å². The number of carbonyl (C=O) groups excluding carboxylic acids is 2. The molecule has 4 aliphatic rings. The maximum Gasteiger partial charge on any atom is 0.246 e. The molecular formula is C32H42N2O2S2. The number of hydrogen-bond donors (Lipinski definition) is 0. The van der Waals surface area contributed by atoms with E-state index in [9.17, 15) is 9.59 Å². The Hall–Kier alpha value is -2.18. The van der Waals surface area contributed by atoms with Crippen LogP contribution < -0.4 is 0 Å². The van der Waals surface area contributed by atoms with E-state index in [2.05, 4.69) is 36.1 Å². The molecule has 2 aliphatic carbocycles. The fourth-order valence-electron chi connectivity index (χ4n) is 7.24. The second-order valence-corrected chi connectivity index (χ2v) is 13.5. The molecule has 0 radical (unpaired) electrons. The van der Waals surface area contributed by atoms with Crippen molar-refractivity contribution < 1.29 is 9.59 Å². The van der Waals surface area contributed by atoms with Crippen molar-refractivity contribution in [3.8, 4) is 0 Å². The summed E-state index contributed by atoms with van der Waals surface area (Å²) in [6, 6.07) is 4.57. The summed E-state index contributed by atoms with van der Waals surface area (Å²) < 4.78 is 0. The Morgan fingerprint density at radius 2 is 1.08 bits per heavy atom. The first-order valence-corrected chi connectivity index (χ1v) is 16.3. The largest absolute Gasteiger partial charge is 0.333 e. The summed E-state index contributed by atoms with van der Waals surface area (Å²) in [7, 11) is 0. The highest BCUT2D eigenvalue weighted by Gasteiger charge is 2.35. The lowest BCUT2D eigenvalue weighted by Crippen LogP contribution is -2.39. The highest BCUT2D eigenvalue weighted by atomic mass is 32.1. The van der Waals surface area contributed by atoms with E-state index in [1.54, 1.807) is 22.7 Å². The quantitative estimate of drug-likeness (QED) is 0.363. The van der Waals surface area contributed by atoms with Crippen molar-refractivity contribution in [1.82, 2.24) is 9.80 Å². The Labute approximate surface area is 236 Å². The van der Waals surface area contributed by atoms with Crippen LogP contribution in [-0.2, 0) is 22.7 Å². The van der Waals surface area contributed by atoms with E-state index < -0.39 is 0 Å². The molecule has 2 saturated carbocycles. The molecule has 204 valence electrons. The maximum atomic E-state index is 11.9. The SMILES string of the molecule is C=CC(=O)N1Cc2sccc2[C@@H](C2CCCCC2)C1.C=CC(=O)N1Cc2sccc2[C@H](C2CCCCC2)C1. The summed E-state index contributed by atoms with van der Waals surface area (Å²) >= 11 is 3.59. The summed E-state index contributed by atoms with van der Waals surface area (Å²) in [4.78, 5) is 30.6. The van der Waals surface area contributed by atoms with Crippen LogP contribution in [0.3, 0.4) is 0 Å². The maximum absolute atomic E-state index is 11.9. The van der Waals surface area contributed by atoms with Gasteiger partial charge in [0.2, 0.25) is 11.8 Å². The van der Waals surface area contributed by atoms with E-state index >= 15 is 0 Å². The number of nitrogens with zero attached hydrogens (tertiary/aromatic N) is 2. The molecule has 0 saturated heterocycles. The van der Waals surface area contributed by atoms with Crippen LogP contribution in [0.1, 0.15) is 96.9 Å². The fraction of sp³-hybridized carbons (Fsp3) is 0.562. The van der Waals surface area contributed by atoms with Gasteiger partial charge in [-0.05, 0) is 83.7 Å². The van der Waals surface area contributed by atoms with Gasteiger partial charge < -0.3 is 9.80 Å². The zero-order chi connectivity index (χ0) is 26.5. The lowest BCUT2D eigenvalue weighted by atomic mass is 9.75. The van der Waals surface area contributed by atoms with Crippen molar-refractivity contribution in [2.75, 3.05) is 13.1 Å². The predicted molar refractivity (Wildman–Crippen MR) is 158 cm³/mol. The Morgan fingerprint density at radius 3 is 1.45 bits per heavy atom. The first kappa shape index (κ1) is 27.4. The van der Waals surface area contributed by atoms with Crippen molar-refractivity contribution >= 4 is 34.5 Å². The molecular weight excluding hydrogens is 508 g/mol. The lowest BCUT2D eigenvalue weighted by Gasteiger charge is -2.38. The molecule has 4 heterocycles. The Balaban J connectivity index is 0.000000155. The van der Waals surface area contributed by atoms with Crippen LogP contribution in [-0.4, -0.2) is 34.7 Å². The van der Waals surface area contributed by atoms with E-state index in [1.165, 1.54) is 97.2 Å². The molecule has 0 N–H and O–H groups in total. The molecule has 6 heteroatoms. The zero-order valence-corrected chi connectivity index (χ0v) is 24.2. The monoisotopic (exact) mass is 550 g/mol. The molecule has 2 atom stereocenters. The number of carbonyl (C=O) groups is 2. The summed E-state index contributed by atoms with van der Waals surface area (Å²) in [5.74, 6) is 2.81. The van der Waals surface area contributed by atoms with Crippen LogP contribution in [0.25, 0.3) is 0 Å². The normalized spacial score (nSPS) is 24.0. The first-order valence-electron chi connectivity index (χ1n) is 14.5. The molecule has 2 aromatic heterocycles. The van der Waals surface area contributed by atoms with Gasteiger partial charge in [-0.3, -0.25) is 9.59 Å². The number of amides is 2. The predicted octanol–water partition coefficient (Wildman–Crippen LogP) is 7.88. The van der Waals surface area contributed by atoms with Gasteiger partial charge in [0.1, 0.15) is 0 Å². The number of thiophene rings is 2. The van der Waals surface area contributed by atoms with Crippen molar-refractivity contribution in [2.24, 2.45) is 11.8 Å². The molecule has 0 aromatic carbocycles. The molecule has 6 rings (SSSR count). The van der Waals surface area contributed by atoms with Gasteiger partial charge in [-0.1, -0.05) is 51.7 Å². The molecule has 38 heavy (non-hydrogen) atoms. The van der Waals surface area contributed by atoms with Gasteiger partial charge in [0, 0.05) is 34.7 Å². The third-order valence-corrected chi connectivity index (χ3v) is 11.1. The summed E-state index contributed by atoms with van der Waals surface area (Å²) in [5.41, 5.74) is 3.04. The third-order valence-electron chi connectivity index (χ3n) is 9.27. The summed E-state index contributed by atoms with van der Waals surface area (Å²) in [5, 5.41) is 4.37. The smallest absolute Gasteiger partial charge is 0.246 e. The molecule has 0 unspecified atom stereocenters. The topological polar surface area (TPSA) is 40.6 Å². The molecule has 2 aliphatic heterocycles. The molecule has 2 amide bonds. The van der Waals surface area contributed by atoms with E-state index in [1.807, 2.05) is 9.80 Å². The van der Waals surface area contributed by atoms with E-state index in [0.717, 1.165) is 38.0 Å². The van der Waals surface area contributed by atoms with Gasteiger partial charge in [0.25, 0.3) is 0 Å². The molecule has 4 nitrogen and oxygen atoms in total. The van der Waals surface area contributed by atoms with Crippen molar-refractivity contribution in [1.29, 1.82) is 0 Å². The highest BCUT2D eigenvalue weighted by Crippen LogP contribution is 2.43. The standard InChI is InChI=1S/2C16H21NOS/c2*1-2-16(18)17-10-14(12-6-4-3-5-7-12)13-8-9-19-15(13)11-17/h2*2,8-9,12,14H,1,3-7,10-11H2/t2*14-/m10/s1. The summed E-state index contributed by atoms with van der Waals surface area (Å²) in [6.45, 7) is 10.6. The van der Waals surface area contributed by atoms with Gasteiger partial charge in [0.15, 0.2) is 0 Å². The zero-order valence-electron chi connectivity index (χ0n) is 22.6. The fourth-order valence-corrected chi connectivity index (χ4v) is 9.17. The second kappa shape index (κ2) is 12.8. The Bertz CT molecular complexity index is 1030. The van der Waals surface area contributed by atoms with Crippen molar-refractivity contribution in [3.63, 3.8) is 0 Å². The van der Waals surface area contributed by atoms with Gasteiger partial charge in [-0.15, -0.1) is 22.7 Å². The second-order valence-electron chi connectivity index (χ2n) is 11.5. The van der Waals surface area contributed by atoms with Crippen molar-refractivity contribution in [3.05, 3.63) is 69.1 Å². The van der Waals surface area contributed by atoms with Crippen LogP contribution in [0.4, 0.5) is 0 Å². The first-order chi connectivity index (χ1) is 18.6. The molecule has 0 bridgehead atoms. The van der Waals surface area contributed by atoms with Crippen molar-refractivity contribution in [2.45, 2.75) is 89.1 Å². The molecule has 2 fully saturated rings. The minimum Gasteiger partial charge on any atom is -0.333 e. The van der Waals surface area contributed by atoms with Gasteiger partial charge in [-0.25, -0.2) is 0 Å². The minimum atomic E-state index is 0.0832. The molecule has 2 aromatic rings.